The first-order valence-corrected chi connectivity index (χ1v) is 6.19. The number of anilines is 1. The molecule has 0 radical (unpaired) electrons. The van der Waals surface area contributed by atoms with E-state index in [-0.39, 0.29) is 25.1 Å². The fraction of sp³-hybridized carbons (Fsp3) is 0.545. The molecule has 9 heteroatoms. The van der Waals surface area contributed by atoms with E-state index in [1.54, 1.807) is 11.6 Å². The first kappa shape index (κ1) is 13.2. The van der Waals surface area contributed by atoms with Crippen molar-refractivity contribution in [2.45, 2.75) is 18.2 Å². The zero-order valence-electron chi connectivity index (χ0n) is 11.0. The highest BCUT2D eigenvalue weighted by molar-refractivity contribution is 5.81. The number of hydrogen-bond acceptors (Lipinski definition) is 8. The van der Waals surface area contributed by atoms with Crippen molar-refractivity contribution in [2.24, 2.45) is 0 Å². The van der Waals surface area contributed by atoms with E-state index in [0.717, 1.165) is 0 Å². The molecular weight excluding hydrogens is 264 g/mol. The number of aromatic nitrogens is 4. The summed E-state index contributed by atoms with van der Waals surface area (Å²) < 4.78 is 1.63. The molecule has 1 aliphatic rings. The third kappa shape index (κ3) is 1.75. The lowest BCUT2D eigenvalue weighted by molar-refractivity contribution is -0.237. The molecule has 1 saturated heterocycles. The molecule has 2 aromatic heterocycles. The fourth-order valence-corrected chi connectivity index (χ4v) is 2.52. The third-order valence-corrected chi connectivity index (χ3v) is 3.64. The molecule has 0 unspecified atom stereocenters. The van der Waals surface area contributed by atoms with Crippen LogP contribution < -0.4 is 5.73 Å². The number of aliphatic hydroxyl groups excluding tert-OH is 2. The van der Waals surface area contributed by atoms with E-state index in [2.05, 4.69) is 15.0 Å². The average molecular weight is 280 g/mol. The Bertz CT molecular complexity index is 632. The van der Waals surface area contributed by atoms with Crippen molar-refractivity contribution >= 4 is 17.0 Å². The Balaban J connectivity index is 2.11. The SMILES string of the molecule is CN1O[C@@](CO)(n2cnc3c(N)ncnc32)C[C@H]1CO. The molecule has 1 fully saturated rings. The van der Waals surface area contributed by atoms with E-state index < -0.39 is 5.72 Å². The highest BCUT2D eigenvalue weighted by atomic mass is 16.7. The van der Waals surface area contributed by atoms with Crippen LogP contribution in [0, 0.1) is 0 Å². The van der Waals surface area contributed by atoms with Crippen molar-refractivity contribution in [1.82, 2.24) is 24.6 Å². The summed E-state index contributed by atoms with van der Waals surface area (Å²) in [5, 5.41) is 20.7. The van der Waals surface area contributed by atoms with Crippen molar-refractivity contribution in [3.63, 3.8) is 0 Å². The van der Waals surface area contributed by atoms with Gasteiger partial charge in [-0.3, -0.25) is 9.40 Å². The minimum atomic E-state index is -1.04. The van der Waals surface area contributed by atoms with Gasteiger partial charge >= 0.3 is 0 Å². The van der Waals surface area contributed by atoms with Crippen LogP contribution in [0.4, 0.5) is 5.82 Å². The van der Waals surface area contributed by atoms with Crippen LogP contribution >= 0.6 is 0 Å². The van der Waals surface area contributed by atoms with Gasteiger partial charge in [0, 0.05) is 13.5 Å². The largest absolute Gasteiger partial charge is 0.395 e. The van der Waals surface area contributed by atoms with E-state index in [4.69, 9.17) is 10.6 Å². The van der Waals surface area contributed by atoms with Gasteiger partial charge in [0.25, 0.3) is 0 Å². The smallest absolute Gasteiger partial charge is 0.192 e. The predicted molar refractivity (Wildman–Crippen MR) is 69.1 cm³/mol. The van der Waals surface area contributed by atoms with Gasteiger partial charge in [-0.15, -0.1) is 0 Å². The first-order valence-electron chi connectivity index (χ1n) is 6.19. The van der Waals surface area contributed by atoms with E-state index in [1.807, 2.05) is 0 Å². The van der Waals surface area contributed by atoms with Crippen molar-refractivity contribution in [2.75, 3.05) is 26.0 Å². The van der Waals surface area contributed by atoms with Crippen LogP contribution in [0.1, 0.15) is 6.42 Å². The van der Waals surface area contributed by atoms with Crippen LogP contribution in [-0.2, 0) is 10.6 Å². The molecule has 0 aromatic carbocycles. The van der Waals surface area contributed by atoms with Gasteiger partial charge in [0.1, 0.15) is 11.8 Å². The summed E-state index contributed by atoms with van der Waals surface area (Å²) in [6, 6.07) is -0.209. The van der Waals surface area contributed by atoms with Gasteiger partial charge in [0.15, 0.2) is 17.2 Å². The quantitative estimate of drug-likeness (QED) is 0.633. The van der Waals surface area contributed by atoms with Gasteiger partial charge in [-0.2, -0.15) is 5.06 Å². The first-order chi connectivity index (χ1) is 9.61. The number of nitrogens with zero attached hydrogens (tertiary/aromatic N) is 5. The molecule has 0 saturated carbocycles. The average Bonchev–Trinajstić information content (AvgIpc) is 3.01. The lowest BCUT2D eigenvalue weighted by Gasteiger charge is -2.27. The van der Waals surface area contributed by atoms with E-state index in [1.165, 1.54) is 17.7 Å². The predicted octanol–water partition coefficient (Wildman–Crippen LogP) is -1.32. The highest BCUT2D eigenvalue weighted by Crippen LogP contribution is 2.36. The van der Waals surface area contributed by atoms with Crippen molar-refractivity contribution in [3.8, 4) is 0 Å². The number of nitrogens with two attached hydrogens (primary N) is 1. The Morgan fingerprint density at radius 1 is 1.45 bits per heavy atom. The summed E-state index contributed by atoms with van der Waals surface area (Å²) in [6.45, 7) is -0.342. The maximum Gasteiger partial charge on any atom is 0.192 e. The standard InChI is InChI=1S/C11H16N6O3/c1-16-7(3-18)2-11(4-19,20-16)17-6-15-8-9(12)13-5-14-10(8)17/h5-7,18-19H,2-4H2,1H3,(H2,12,13,14)/t7-,11-/m0/s1. The maximum absolute atomic E-state index is 9.79. The highest BCUT2D eigenvalue weighted by Gasteiger charge is 2.46. The number of fused-ring (bicyclic) bond motifs is 1. The Hall–Kier alpha value is -1.81. The van der Waals surface area contributed by atoms with Crippen LogP contribution in [0.25, 0.3) is 11.2 Å². The summed E-state index contributed by atoms with van der Waals surface area (Å²) in [4.78, 5) is 17.9. The Morgan fingerprint density at radius 2 is 2.25 bits per heavy atom. The number of aliphatic hydroxyl groups is 2. The van der Waals surface area contributed by atoms with E-state index in [0.29, 0.717) is 17.6 Å². The van der Waals surface area contributed by atoms with Crippen molar-refractivity contribution in [1.29, 1.82) is 0 Å². The van der Waals surface area contributed by atoms with E-state index >= 15 is 0 Å². The second-order valence-electron chi connectivity index (χ2n) is 4.83. The van der Waals surface area contributed by atoms with Crippen molar-refractivity contribution in [3.05, 3.63) is 12.7 Å². The monoisotopic (exact) mass is 280 g/mol. The summed E-state index contributed by atoms with van der Waals surface area (Å²) in [7, 11) is 1.71. The van der Waals surface area contributed by atoms with E-state index in [9.17, 15) is 10.2 Å². The van der Waals surface area contributed by atoms with Gasteiger partial charge in [-0.05, 0) is 0 Å². The van der Waals surface area contributed by atoms with Gasteiger partial charge < -0.3 is 15.9 Å². The molecule has 108 valence electrons. The van der Waals surface area contributed by atoms with Crippen LogP contribution in [0.15, 0.2) is 12.7 Å². The number of likely N-dealkylation sites (N-methyl/N-ethyl adjacent to an activating group) is 1. The third-order valence-electron chi connectivity index (χ3n) is 3.64. The lowest BCUT2D eigenvalue weighted by Crippen LogP contribution is -2.37. The molecule has 3 rings (SSSR count). The lowest BCUT2D eigenvalue weighted by atomic mass is 10.1. The number of hydroxylamine groups is 2. The zero-order chi connectivity index (χ0) is 14.3. The molecule has 4 N–H and O–H groups in total. The van der Waals surface area contributed by atoms with Gasteiger partial charge in [0.05, 0.1) is 25.6 Å². The van der Waals surface area contributed by atoms with Gasteiger partial charge in [0.2, 0.25) is 0 Å². The van der Waals surface area contributed by atoms with Crippen LogP contribution in [0.5, 0.6) is 0 Å². The molecule has 9 nitrogen and oxygen atoms in total. The minimum Gasteiger partial charge on any atom is -0.395 e. The maximum atomic E-state index is 9.79. The Morgan fingerprint density at radius 3 is 2.90 bits per heavy atom. The molecule has 0 bridgehead atoms. The Labute approximate surface area is 114 Å². The van der Waals surface area contributed by atoms with Crippen LogP contribution in [0.2, 0.25) is 0 Å². The summed E-state index contributed by atoms with van der Waals surface area (Å²) in [5.74, 6) is 0.270. The second-order valence-corrected chi connectivity index (χ2v) is 4.83. The van der Waals surface area contributed by atoms with Gasteiger partial charge in [-0.1, -0.05) is 0 Å². The molecular formula is C11H16N6O3. The normalized spacial score (nSPS) is 27.4. The zero-order valence-corrected chi connectivity index (χ0v) is 11.0. The Kier molecular flexibility index (Phi) is 3.05. The molecule has 20 heavy (non-hydrogen) atoms. The fourth-order valence-electron chi connectivity index (χ4n) is 2.52. The van der Waals surface area contributed by atoms with Crippen LogP contribution in [0.3, 0.4) is 0 Å². The number of imidazole rings is 1. The number of hydrogen-bond donors (Lipinski definition) is 3. The molecule has 0 amide bonds. The number of rotatable bonds is 3. The summed E-state index contributed by atoms with van der Waals surface area (Å²) >= 11 is 0. The molecule has 3 heterocycles. The summed E-state index contributed by atoms with van der Waals surface area (Å²) in [5.41, 5.74) is 5.65. The molecule has 2 atom stereocenters. The summed E-state index contributed by atoms with van der Waals surface area (Å²) in [6.07, 6.45) is 3.26. The second kappa shape index (κ2) is 4.63. The molecule has 0 spiro atoms. The molecule has 2 aromatic rings. The van der Waals surface area contributed by atoms with Crippen molar-refractivity contribution < 1.29 is 15.1 Å². The molecule has 0 aliphatic carbocycles. The van der Waals surface area contributed by atoms with Gasteiger partial charge in [-0.25, -0.2) is 15.0 Å². The molecule has 1 aliphatic heterocycles. The minimum absolute atomic E-state index is 0.0675. The number of nitrogen functional groups attached to an aromatic ring is 1. The van der Waals surface area contributed by atoms with Crippen LogP contribution in [-0.4, -0.2) is 61.1 Å². The topological polar surface area (TPSA) is 123 Å².